The fourth-order valence-corrected chi connectivity index (χ4v) is 1.14. The van der Waals surface area contributed by atoms with Crippen LogP contribution in [-0.2, 0) is 6.18 Å². The average molecular weight is 222 g/mol. The Hall–Kier alpha value is -1.30. The van der Waals surface area contributed by atoms with Gasteiger partial charge in [0.1, 0.15) is 0 Å². The van der Waals surface area contributed by atoms with Gasteiger partial charge < -0.3 is 11.5 Å². The maximum atomic E-state index is 13.1. The number of halogens is 4. The van der Waals surface area contributed by atoms with Crippen LogP contribution in [0.15, 0.2) is 12.1 Å². The van der Waals surface area contributed by atoms with Gasteiger partial charge >= 0.3 is 6.18 Å². The number of rotatable bonds is 1. The summed E-state index contributed by atoms with van der Waals surface area (Å²) in [5.41, 5.74) is 8.75. The lowest BCUT2D eigenvalue weighted by atomic mass is 10.0. The first-order valence-corrected chi connectivity index (χ1v) is 4.15. The van der Waals surface area contributed by atoms with Crippen LogP contribution in [0.2, 0.25) is 0 Å². The van der Waals surface area contributed by atoms with E-state index in [1.165, 1.54) is 6.92 Å². The lowest BCUT2D eigenvalue weighted by Crippen LogP contribution is -2.14. The molecule has 6 heteroatoms. The third kappa shape index (κ3) is 2.38. The number of nitrogen functional groups attached to an aromatic ring is 1. The topological polar surface area (TPSA) is 52.0 Å². The van der Waals surface area contributed by atoms with Crippen LogP contribution < -0.4 is 11.5 Å². The highest BCUT2D eigenvalue weighted by Gasteiger charge is 2.35. The smallest absolute Gasteiger partial charge is 0.396 e. The Bertz CT molecular complexity index is 371. The summed E-state index contributed by atoms with van der Waals surface area (Å²) < 4.78 is 50.1. The van der Waals surface area contributed by atoms with Crippen LogP contribution in [0.4, 0.5) is 23.2 Å². The van der Waals surface area contributed by atoms with Crippen molar-refractivity contribution in [2.75, 3.05) is 5.73 Å². The maximum Gasteiger partial charge on any atom is 0.419 e. The molecule has 0 spiro atoms. The standard InChI is InChI=1S/C9H10F4N2/c1-4(14)5-2-6(9(11,12)13)8(10)7(15)3-5/h2-4H,14-15H2,1H3. The second kappa shape index (κ2) is 3.69. The van der Waals surface area contributed by atoms with E-state index in [4.69, 9.17) is 11.5 Å². The van der Waals surface area contributed by atoms with E-state index in [1.807, 2.05) is 0 Å². The third-order valence-electron chi connectivity index (χ3n) is 1.95. The summed E-state index contributed by atoms with van der Waals surface area (Å²) in [7, 11) is 0. The first-order valence-electron chi connectivity index (χ1n) is 4.15. The predicted molar refractivity (Wildman–Crippen MR) is 48.4 cm³/mol. The largest absolute Gasteiger partial charge is 0.419 e. The molecule has 2 nitrogen and oxygen atoms in total. The molecular weight excluding hydrogens is 212 g/mol. The van der Waals surface area contributed by atoms with Crippen LogP contribution in [0.1, 0.15) is 24.1 Å². The zero-order chi connectivity index (χ0) is 11.8. The van der Waals surface area contributed by atoms with Gasteiger partial charge in [-0.05, 0) is 24.6 Å². The third-order valence-corrected chi connectivity index (χ3v) is 1.95. The van der Waals surface area contributed by atoms with Crippen molar-refractivity contribution < 1.29 is 17.6 Å². The molecule has 1 aromatic rings. The van der Waals surface area contributed by atoms with E-state index in [0.717, 1.165) is 6.07 Å². The molecule has 0 saturated carbocycles. The summed E-state index contributed by atoms with van der Waals surface area (Å²) in [6.45, 7) is 1.49. The normalized spacial score (nSPS) is 14.0. The van der Waals surface area contributed by atoms with E-state index in [9.17, 15) is 17.6 Å². The highest BCUT2D eigenvalue weighted by Crippen LogP contribution is 2.35. The van der Waals surface area contributed by atoms with Gasteiger partial charge in [0.15, 0.2) is 5.82 Å². The van der Waals surface area contributed by atoms with Crippen LogP contribution in [-0.4, -0.2) is 0 Å². The Kier molecular flexibility index (Phi) is 2.90. The van der Waals surface area contributed by atoms with Crippen molar-refractivity contribution in [3.8, 4) is 0 Å². The van der Waals surface area contributed by atoms with Crippen LogP contribution in [0.3, 0.4) is 0 Å². The van der Waals surface area contributed by atoms with Crippen molar-refractivity contribution >= 4 is 5.69 Å². The van der Waals surface area contributed by atoms with Crippen molar-refractivity contribution in [1.82, 2.24) is 0 Å². The minimum atomic E-state index is -4.76. The quantitative estimate of drug-likeness (QED) is 0.566. The Morgan fingerprint density at radius 3 is 2.20 bits per heavy atom. The van der Waals surface area contributed by atoms with Gasteiger partial charge in [-0.25, -0.2) is 4.39 Å². The molecule has 0 aliphatic rings. The minimum Gasteiger partial charge on any atom is -0.396 e. The van der Waals surface area contributed by atoms with E-state index >= 15 is 0 Å². The molecule has 1 atom stereocenters. The fourth-order valence-electron chi connectivity index (χ4n) is 1.14. The molecule has 0 radical (unpaired) electrons. The Morgan fingerprint density at radius 1 is 1.27 bits per heavy atom. The van der Waals surface area contributed by atoms with Crippen LogP contribution >= 0.6 is 0 Å². The van der Waals surface area contributed by atoms with Gasteiger partial charge in [-0.15, -0.1) is 0 Å². The van der Waals surface area contributed by atoms with Crippen molar-refractivity contribution in [1.29, 1.82) is 0 Å². The van der Waals surface area contributed by atoms with Gasteiger partial charge in [-0.1, -0.05) is 0 Å². The van der Waals surface area contributed by atoms with Crippen molar-refractivity contribution in [2.24, 2.45) is 5.73 Å². The van der Waals surface area contributed by atoms with Crippen LogP contribution in [0.5, 0.6) is 0 Å². The van der Waals surface area contributed by atoms with Gasteiger partial charge in [0.2, 0.25) is 0 Å². The molecular formula is C9H10F4N2. The second-order valence-electron chi connectivity index (χ2n) is 3.26. The zero-order valence-corrected chi connectivity index (χ0v) is 7.90. The zero-order valence-electron chi connectivity index (χ0n) is 7.90. The van der Waals surface area contributed by atoms with Crippen LogP contribution in [0.25, 0.3) is 0 Å². The maximum absolute atomic E-state index is 13.1. The SMILES string of the molecule is CC(N)c1cc(N)c(F)c(C(F)(F)F)c1. The highest BCUT2D eigenvalue weighted by molar-refractivity contribution is 5.48. The molecule has 0 amide bonds. The molecule has 1 unspecified atom stereocenters. The van der Waals surface area contributed by atoms with Crippen molar-refractivity contribution in [2.45, 2.75) is 19.1 Å². The van der Waals surface area contributed by atoms with Crippen molar-refractivity contribution in [3.63, 3.8) is 0 Å². The molecule has 1 aromatic carbocycles. The van der Waals surface area contributed by atoms with Gasteiger partial charge in [-0.2, -0.15) is 13.2 Å². The summed E-state index contributed by atoms with van der Waals surface area (Å²) in [4.78, 5) is 0. The molecule has 0 fully saturated rings. The number of nitrogens with two attached hydrogens (primary N) is 2. The lowest BCUT2D eigenvalue weighted by molar-refractivity contribution is -0.139. The van der Waals surface area contributed by atoms with Crippen molar-refractivity contribution in [3.05, 3.63) is 29.1 Å². The van der Waals surface area contributed by atoms with E-state index in [-0.39, 0.29) is 5.56 Å². The molecule has 15 heavy (non-hydrogen) atoms. The summed E-state index contributed by atoms with van der Waals surface area (Å²) >= 11 is 0. The predicted octanol–water partition coefficient (Wildman–Crippen LogP) is 2.45. The van der Waals surface area contributed by atoms with Crippen LogP contribution in [0, 0.1) is 5.82 Å². The number of hydrogen-bond acceptors (Lipinski definition) is 2. The van der Waals surface area contributed by atoms with Gasteiger partial charge in [0, 0.05) is 6.04 Å². The Labute approximate surface area is 83.9 Å². The molecule has 0 aliphatic carbocycles. The summed E-state index contributed by atoms with van der Waals surface area (Å²) in [6, 6.07) is 1.15. The van der Waals surface area contributed by atoms with E-state index in [2.05, 4.69) is 0 Å². The van der Waals surface area contributed by atoms with E-state index in [1.54, 1.807) is 0 Å². The molecule has 0 aliphatic heterocycles. The Morgan fingerprint density at radius 2 is 1.80 bits per heavy atom. The van der Waals surface area contributed by atoms with Gasteiger partial charge in [0.05, 0.1) is 11.3 Å². The first-order chi connectivity index (χ1) is 6.73. The molecule has 4 N–H and O–H groups in total. The van der Waals surface area contributed by atoms with E-state index < -0.39 is 29.3 Å². The molecule has 0 bridgehead atoms. The summed E-state index contributed by atoms with van der Waals surface area (Å²) in [6.07, 6.45) is -4.76. The Balaban J connectivity index is 3.38. The number of anilines is 1. The molecule has 0 saturated heterocycles. The lowest BCUT2D eigenvalue weighted by Gasteiger charge is -2.13. The molecule has 0 heterocycles. The molecule has 84 valence electrons. The minimum absolute atomic E-state index is 0.154. The first kappa shape index (κ1) is 11.8. The van der Waals surface area contributed by atoms with Gasteiger partial charge in [-0.3, -0.25) is 0 Å². The number of alkyl halides is 3. The number of hydrogen-bond donors (Lipinski definition) is 2. The summed E-state index contributed by atoms with van der Waals surface area (Å²) in [5.74, 6) is -1.45. The monoisotopic (exact) mass is 222 g/mol. The fraction of sp³-hybridized carbons (Fsp3) is 0.333. The molecule has 1 rings (SSSR count). The number of benzene rings is 1. The molecule has 0 aromatic heterocycles. The summed E-state index contributed by atoms with van der Waals surface area (Å²) in [5, 5.41) is 0. The highest BCUT2D eigenvalue weighted by atomic mass is 19.4. The average Bonchev–Trinajstić information content (AvgIpc) is 2.06. The second-order valence-corrected chi connectivity index (χ2v) is 3.26. The van der Waals surface area contributed by atoms with Gasteiger partial charge in [0.25, 0.3) is 0 Å². The van der Waals surface area contributed by atoms with E-state index in [0.29, 0.717) is 6.07 Å².